The molecule has 0 bridgehead atoms. The van der Waals surface area contributed by atoms with Crippen LogP contribution in [0.2, 0.25) is 0 Å². The van der Waals surface area contributed by atoms with Gasteiger partial charge in [-0.1, -0.05) is 5.16 Å². The van der Waals surface area contributed by atoms with Crippen molar-refractivity contribution in [2.75, 3.05) is 20.2 Å². The smallest absolute Gasteiger partial charge is 0.292 e. The number of ether oxygens (including phenoxy) is 1. The summed E-state index contributed by atoms with van der Waals surface area (Å²) in [6.45, 7) is 0.749. The summed E-state index contributed by atoms with van der Waals surface area (Å²) >= 11 is 0. The summed E-state index contributed by atoms with van der Waals surface area (Å²) < 4.78 is 35.4. The van der Waals surface area contributed by atoms with Gasteiger partial charge in [0.1, 0.15) is 5.75 Å². The Bertz CT molecular complexity index is 792. The molecular weight excluding hydrogens is 332 g/mol. The Morgan fingerprint density at radius 3 is 2.42 bits per heavy atom. The summed E-state index contributed by atoms with van der Waals surface area (Å²) in [5.74, 6) is 0.528. The monoisotopic (exact) mass is 350 g/mol. The van der Waals surface area contributed by atoms with Crippen LogP contribution in [0, 0.1) is 0 Å². The zero-order chi connectivity index (χ0) is 17.2. The molecule has 0 N–H and O–H groups in total. The van der Waals surface area contributed by atoms with E-state index in [2.05, 4.69) is 5.16 Å². The topological polar surface area (TPSA) is 89.7 Å². The van der Waals surface area contributed by atoms with Crippen LogP contribution >= 0.6 is 0 Å². The molecule has 2 aromatic rings. The van der Waals surface area contributed by atoms with Gasteiger partial charge in [0.2, 0.25) is 5.76 Å². The van der Waals surface area contributed by atoms with E-state index in [0.717, 1.165) is 0 Å². The summed E-state index contributed by atoms with van der Waals surface area (Å²) in [7, 11) is -1.89. The van der Waals surface area contributed by atoms with Crippen molar-refractivity contribution in [2.45, 2.75) is 23.0 Å². The molecule has 7 nitrogen and oxygen atoms in total. The minimum absolute atomic E-state index is 0.173. The van der Waals surface area contributed by atoms with Crippen molar-refractivity contribution in [3.05, 3.63) is 42.3 Å². The molecule has 2 heterocycles. The van der Waals surface area contributed by atoms with Crippen LogP contribution in [0.5, 0.6) is 5.75 Å². The van der Waals surface area contributed by atoms with Gasteiger partial charge in [0.15, 0.2) is 9.84 Å². The first-order chi connectivity index (χ1) is 11.5. The molecule has 0 radical (unpaired) electrons. The van der Waals surface area contributed by atoms with Crippen LogP contribution in [0.25, 0.3) is 0 Å². The van der Waals surface area contributed by atoms with Crippen molar-refractivity contribution < 1.29 is 22.5 Å². The predicted octanol–water partition coefficient (Wildman–Crippen LogP) is 1.76. The molecule has 8 heteroatoms. The highest BCUT2D eigenvalue weighted by Crippen LogP contribution is 2.26. The maximum Gasteiger partial charge on any atom is 0.292 e. The molecule has 1 aromatic heterocycles. The SMILES string of the molecule is COc1ccc(S(=O)(=O)C2CCN(C(=O)c3ccno3)CC2)cc1. The number of sulfone groups is 1. The highest BCUT2D eigenvalue weighted by molar-refractivity contribution is 7.92. The van der Waals surface area contributed by atoms with Crippen molar-refractivity contribution in [3.8, 4) is 5.75 Å². The first-order valence-corrected chi connectivity index (χ1v) is 9.15. The molecule has 1 saturated heterocycles. The number of likely N-dealkylation sites (tertiary alicyclic amines) is 1. The van der Waals surface area contributed by atoms with Crippen LogP contribution in [-0.2, 0) is 9.84 Å². The van der Waals surface area contributed by atoms with E-state index in [1.807, 2.05) is 0 Å². The van der Waals surface area contributed by atoms with E-state index in [1.54, 1.807) is 29.2 Å². The van der Waals surface area contributed by atoms with Crippen LogP contribution < -0.4 is 4.74 Å². The number of carbonyl (C=O) groups is 1. The van der Waals surface area contributed by atoms with Crippen LogP contribution in [0.3, 0.4) is 0 Å². The Labute approximate surface area is 140 Å². The van der Waals surface area contributed by atoms with Gasteiger partial charge < -0.3 is 14.2 Å². The van der Waals surface area contributed by atoms with Gasteiger partial charge in [-0.15, -0.1) is 0 Å². The Hall–Kier alpha value is -2.35. The fourth-order valence-corrected chi connectivity index (χ4v) is 4.54. The van der Waals surface area contributed by atoms with Crippen molar-refractivity contribution in [1.82, 2.24) is 10.1 Å². The Kier molecular flexibility index (Phi) is 4.57. The van der Waals surface area contributed by atoms with Gasteiger partial charge in [-0.3, -0.25) is 4.79 Å². The molecule has 24 heavy (non-hydrogen) atoms. The lowest BCUT2D eigenvalue weighted by Gasteiger charge is -2.31. The second-order valence-electron chi connectivity index (χ2n) is 5.59. The molecule has 1 fully saturated rings. The third kappa shape index (κ3) is 3.14. The van der Waals surface area contributed by atoms with Crippen LogP contribution in [0.1, 0.15) is 23.4 Å². The maximum absolute atomic E-state index is 12.7. The van der Waals surface area contributed by atoms with Gasteiger partial charge >= 0.3 is 0 Å². The minimum atomic E-state index is -3.42. The normalized spacial score (nSPS) is 16.1. The van der Waals surface area contributed by atoms with Crippen LogP contribution in [0.4, 0.5) is 0 Å². The Morgan fingerprint density at radius 1 is 1.21 bits per heavy atom. The van der Waals surface area contributed by atoms with Crippen molar-refractivity contribution in [3.63, 3.8) is 0 Å². The summed E-state index contributed by atoms with van der Waals surface area (Å²) in [4.78, 5) is 14.1. The van der Waals surface area contributed by atoms with Gasteiger partial charge in [-0.25, -0.2) is 8.42 Å². The number of hydrogen-bond acceptors (Lipinski definition) is 6. The summed E-state index contributed by atoms with van der Waals surface area (Å²) in [5.41, 5.74) is 0. The quantitative estimate of drug-likeness (QED) is 0.835. The molecular formula is C16H18N2O5S. The number of aromatic nitrogens is 1. The minimum Gasteiger partial charge on any atom is -0.497 e. The zero-order valence-corrected chi connectivity index (χ0v) is 14.0. The van der Waals surface area contributed by atoms with Gasteiger partial charge in [0, 0.05) is 19.2 Å². The van der Waals surface area contributed by atoms with Gasteiger partial charge in [0.05, 0.1) is 23.5 Å². The largest absolute Gasteiger partial charge is 0.497 e. The van der Waals surface area contributed by atoms with Gasteiger partial charge in [-0.05, 0) is 37.1 Å². The van der Waals surface area contributed by atoms with E-state index >= 15 is 0 Å². The van der Waals surface area contributed by atoms with E-state index in [-0.39, 0.29) is 16.6 Å². The van der Waals surface area contributed by atoms with E-state index in [4.69, 9.17) is 9.26 Å². The lowest BCUT2D eigenvalue weighted by atomic mass is 10.1. The number of amides is 1. The van der Waals surface area contributed by atoms with Crippen LogP contribution in [-0.4, -0.2) is 49.8 Å². The Morgan fingerprint density at radius 2 is 1.88 bits per heavy atom. The molecule has 1 aliphatic rings. The first-order valence-electron chi connectivity index (χ1n) is 7.60. The summed E-state index contributed by atoms with van der Waals surface area (Å²) in [6, 6.07) is 7.88. The molecule has 3 rings (SSSR count). The molecule has 0 spiro atoms. The number of benzene rings is 1. The van der Waals surface area contributed by atoms with E-state index < -0.39 is 15.1 Å². The van der Waals surface area contributed by atoms with E-state index in [1.165, 1.54) is 19.4 Å². The highest BCUT2D eigenvalue weighted by atomic mass is 32.2. The molecule has 128 valence electrons. The molecule has 0 aliphatic carbocycles. The Balaban J connectivity index is 1.68. The first kappa shape index (κ1) is 16.5. The fourth-order valence-electron chi connectivity index (χ4n) is 2.81. The molecule has 0 saturated carbocycles. The van der Waals surface area contributed by atoms with Gasteiger partial charge in [-0.2, -0.15) is 0 Å². The molecule has 1 aliphatic heterocycles. The van der Waals surface area contributed by atoms with E-state index in [0.29, 0.717) is 31.7 Å². The lowest BCUT2D eigenvalue weighted by Crippen LogP contribution is -2.42. The summed E-state index contributed by atoms with van der Waals surface area (Å²) in [5, 5.41) is 3.02. The van der Waals surface area contributed by atoms with Crippen molar-refractivity contribution in [1.29, 1.82) is 0 Å². The fraction of sp³-hybridized carbons (Fsp3) is 0.375. The second-order valence-corrected chi connectivity index (χ2v) is 7.82. The third-order valence-corrected chi connectivity index (χ3v) is 6.48. The lowest BCUT2D eigenvalue weighted by molar-refractivity contribution is 0.0683. The second kappa shape index (κ2) is 6.64. The average Bonchev–Trinajstić information content (AvgIpc) is 3.16. The zero-order valence-electron chi connectivity index (χ0n) is 13.2. The number of rotatable bonds is 4. The maximum atomic E-state index is 12.7. The predicted molar refractivity (Wildman–Crippen MR) is 85.6 cm³/mol. The number of nitrogens with zero attached hydrogens (tertiary/aromatic N) is 2. The number of piperidine rings is 1. The molecule has 1 aromatic carbocycles. The molecule has 0 atom stereocenters. The molecule has 0 unspecified atom stereocenters. The standard InChI is InChI=1S/C16H18N2O5S/c1-22-12-2-4-13(5-3-12)24(20,21)14-7-10-18(11-8-14)16(19)15-6-9-17-23-15/h2-6,9,14H,7-8,10-11H2,1H3. The van der Waals surface area contributed by atoms with E-state index in [9.17, 15) is 13.2 Å². The van der Waals surface area contributed by atoms with Crippen LogP contribution in [0.15, 0.2) is 45.9 Å². The highest BCUT2D eigenvalue weighted by Gasteiger charge is 2.33. The molecule has 1 amide bonds. The van der Waals surface area contributed by atoms with Crippen molar-refractivity contribution in [2.24, 2.45) is 0 Å². The third-order valence-electron chi connectivity index (χ3n) is 4.20. The average molecular weight is 350 g/mol. The number of hydrogen-bond donors (Lipinski definition) is 0. The van der Waals surface area contributed by atoms with Crippen molar-refractivity contribution >= 4 is 15.7 Å². The summed E-state index contributed by atoms with van der Waals surface area (Å²) in [6.07, 6.45) is 2.20. The number of carbonyl (C=O) groups excluding carboxylic acids is 1. The number of methoxy groups -OCH3 is 1. The van der Waals surface area contributed by atoms with Gasteiger partial charge in [0.25, 0.3) is 5.91 Å².